The maximum Gasteiger partial charge on any atom is 0.253 e. The zero-order valence-corrected chi connectivity index (χ0v) is 9.72. The molecule has 0 saturated heterocycles. The first-order valence-electron chi connectivity index (χ1n) is 5.69. The average Bonchev–Trinajstić information content (AvgIpc) is 2.35. The van der Waals surface area contributed by atoms with Crippen molar-refractivity contribution < 1.29 is 4.79 Å². The molecule has 0 radical (unpaired) electrons. The number of aromatic nitrogens is 1. The van der Waals surface area contributed by atoms with Gasteiger partial charge in [0.05, 0.1) is 0 Å². The number of hydrogen-bond donors (Lipinski definition) is 1. The lowest BCUT2D eigenvalue weighted by Gasteiger charge is -2.21. The summed E-state index contributed by atoms with van der Waals surface area (Å²) in [4.78, 5) is 17.9. The van der Waals surface area contributed by atoms with Gasteiger partial charge in [-0.1, -0.05) is 6.92 Å². The highest BCUT2D eigenvalue weighted by atomic mass is 16.2. The first-order valence-corrected chi connectivity index (χ1v) is 5.69. The number of hydrogen-bond acceptors (Lipinski definition) is 3. The number of rotatable bonds is 6. The van der Waals surface area contributed by atoms with E-state index in [2.05, 4.69) is 11.9 Å². The molecule has 4 nitrogen and oxygen atoms in total. The predicted octanol–water partition coefficient (Wildman–Crippen LogP) is 1.28. The fraction of sp³-hybridized carbons (Fsp3) is 0.500. The van der Waals surface area contributed by atoms with Gasteiger partial charge in [-0.2, -0.15) is 0 Å². The standard InChI is InChI=1S/C12H19N3O/c1-2-9-15(10-3-6-13)12(16)11-4-7-14-8-5-11/h4-5,7-8H,2-3,6,9-10,13H2,1H3. The molecule has 4 heteroatoms. The van der Waals surface area contributed by atoms with Gasteiger partial charge >= 0.3 is 0 Å². The van der Waals surface area contributed by atoms with Crippen LogP contribution in [-0.4, -0.2) is 35.4 Å². The smallest absolute Gasteiger partial charge is 0.253 e. The molecule has 1 aromatic heterocycles. The molecular formula is C12H19N3O. The van der Waals surface area contributed by atoms with E-state index in [0.29, 0.717) is 12.1 Å². The highest BCUT2D eigenvalue weighted by Crippen LogP contribution is 2.04. The van der Waals surface area contributed by atoms with Crippen LogP contribution in [0.2, 0.25) is 0 Å². The summed E-state index contributed by atoms with van der Waals surface area (Å²) in [6.45, 7) is 4.19. The van der Waals surface area contributed by atoms with Crippen LogP contribution >= 0.6 is 0 Å². The van der Waals surface area contributed by atoms with E-state index in [1.54, 1.807) is 24.5 Å². The number of nitrogens with zero attached hydrogens (tertiary/aromatic N) is 2. The van der Waals surface area contributed by atoms with Gasteiger partial charge in [0, 0.05) is 31.0 Å². The Morgan fingerprint density at radius 3 is 2.62 bits per heavy atom. The van der Waals surface area contributed by atoms with E-state index in [4.69, 9.17) is 5.73 Å². The lowest BCUT2D eigenvalue weighted by Crippen LogP contribution is -2.33. The van der Waals surface area contributed by atoms with Crippen molar-refractivity contribution in [3.63, 3.8) is 0 Å². The van der Waals surface area contributed by atoms with E-state index >= 15 is 0 Å². The Morgan fingerprint density at radius 2 is 2.06 bits per heavy atom. The van der Waals surface area contributed by atoms with Crippen LogP contribution in [0.3, 0.4) is 0 Å². The highest BCUT2D eigenvalue weighted by Gasteiger charge is 2.13. The average molecular weight is 221 g/mol. The van der Waals surface area contributed by atoms with Gasteiger partial charge in [-0.05, 0) is 31.5 Å². The second kappa shape index (κ2) is 6.95. The fourth-order valence-corrected chi connectivity index (χ4v) is 1.54. The number of amides is 1. The molecule has 0 unspecified atom stereocenters. The summed E-state index contributed by atoms with van der Waals surface area (Å²) >= 11 is 0. The van der Waals surface area contributed by atoms with Crippen LogP contribution in [-0.2, 0) is 0 Å². The van der Waals surface area contributed by atoms with E-state index in [1.807, 2.05) is 4.90 Å². The van der Waals surface area contributed by atoms with Gasteiger partial charge in [0.2, 0.25) is 0 Å². The second-order valence-electron chi connectivity index (χ2n) is 3.67. The predicted molar refractivity (Wildman–Crippen MR) is 64.1 cm³/mol. The molecule has 0 aliphatic carbocycles. The highest BCUT2D eigenvalue weighted by molar-refractivity contribution is 5.94. The third kappa shape index (κ3) is 3.62. The molecule has 1 amide bonds. The molecule has 1 aromatic rings. The minimum Gasteiger partial charge on any atom is -0.339 e. The van der Waals surface area contributed by atoms with Crippen LogP contribution in [0, 0.1) is 0 Å². The summed E-state index contributed by atoms with van der Waals surface area (Å²) < 4.78 is 0. The van der Waals surface area contributed by atoms with Gasteiger partial charge in [0.1, 0.15) is 0 Å². The van der Waals surface area contributed by atoms with Gasteiger partial charge in [-0.3, -0.25) is 9.78 Å². The lowest BCUT2D eigenvalue weighted by atomic mass is 10.2. The third-order valence-electron chi connectivity index (χ3n) is 2.34. The fourth-order valence-electron chi connectivity index (χ4n) is 1.54. The molecule has 88 valence electrons. The summed E-state index contributed by atoms with van der Waals surface area (Å²) in [6, 6.07) is 3.49. The normalized spacial score (nSPS) is 10.1. The first-order chi connectivity index (χ1) is 7.79. The minimum absolute atomic E-state index is 0.0673. The van der Waals surface area contributed by atoms with Crippen molar-refractivity contribution in [3.05, 3.63) is 30.1 Å². The van der Waals surface area contributed by atoms with Gasteiger partial charge in [0.15, 0.2) is 0 Å². The van der Waals surface area contributed by atoms with Crippen molar-refractivity contribution in [2.45, 2.75) is 19.8 Å². The zero-order chi connectivity index (χ0) is 11.8. The topological polar surface area (TPSA) is 59.2 Å². The number of carbonyl (C=O) groups is 1. The van der Waals surface area contributed by atoms with E-state index < -0.39 is 0 Å². The molecule has 2 N–H and O–H groups in total. The maximum atomic E-state index is 12.1. The van der Waals surface area contributed by atoms with Gasteiger partial charge in [0.25, 0.3) is 5.91 Å². The Labute approximate surface area is 96.5 Å². The molecule has 0 fully saturated rings. The number of pyridine rings is 1. The van der Waals surface area contributed by atoms with E-state index in [0.717, 1.165) is 25.9 Å². The molecule has 0 spiro atoms. The molecule has 0 atom stereocenters. The number of nitrogens with two attached hydrogens (primary N) is 1. The molecule has 0 saturated carbocycles. The van der Waals surface area contributed by atoms with Crippen molar-refractivity contribution >= 4 is 5.91 Å². The molecule has 0 aromatic carbocycles. The second-order valence-corrected chi connectivity index (χ2v) is 3.67. The third-order valence-corrected chi connectivity index (χ3v) is 2.34. The van der Waals surface area contributed by atoms with Crippen LogP contribution in [0.15, 0.2) is 24.5 Å². The van der Waals surface area contributed by atoms with E-state index in [9.17, 15) is 4.79 Å². The summed E-state index contributed by atoms with van der Waals surface area (Å²) in [5, 5.41) is 0. The molecule has 0 aliphatic heterocycles. The quantitative estimate of drug-likeness (QED) is 0.787. The Morgan fingerprint density at radius 1 is 1.38 bits per heavy atom. The van der Waals surface area contributed by atoms with Crippen LogP contribution in [0.5, 0.6) is 0 Å². The van der Waals surface area contributed by atoms with Crippen molar-refractivity contribution in [3.8, 4) is 0 Å². The summed E-state index contributed by atoms with van der Waals surface area (Å²) in [5.41, 5.74) is 6.16. The van der Waals surface area contributed by atoms with Crippen molar-refractivity contribution in [1.29, 1.82) is 0 Å². The maximum absolute atomic E-state index is 12.1. The molecular weight excluding hydrogens is 202 g/mol. The van der Waals surface area contributed by atoms with Crippen LogP contribution < -0.4 is 5.73 Å². The Bertz CT molecular complexity index is 313. The largest absolute Gasteiger partial charge is 0.339 e. The zero-order valence-electron chi connectivity index (χ0n) is 9.72. The van der Waals surface area contributed by atoms with E-state index in [-0.39, 0.29) is 5.91 Å². The Hall–Kier alpha value is -1.42. The molecule has 1 heterocycles. The van der Waals surface area contributed by atoms with E-state index in [1.165, 1.54) is 0 Å². The molecule has 16 heavy (non-hydrogen) atoms. The summed E-state index contributed by atoms with van der Waals surface area (Å²) in [7, 11) is 0. The summed E-state index contributed by atoms with van der Waals surface area (Å²) in [6.07, 6.45) is 5.08. The van der Waals surface area contributed by atoms with Crippen LogP contribution in [0.25, 0.3) is 0 Å². The minimum atomic E-state index is 0.0673. The SMILES string of the molecule is CCCN(CCCN)C(=O)c1ccncc1. The molecule has 0 aliphatic rings. The van der Waals surface area contributed by atoms with Gasteiger partial charge in [-0.15, -0.1) is 0 Å². The Balaban J connectivity index is 2.67. The van der Waals surface area contributed by atoms with Crippen molar-refractivity contribution in [2.75, 3.05) is 19.6 Å². The van der Waals surface area contributed by atoms with Crippen LogP contribution in [0.1, 0.15) is 30.1 Å². The molecule has 0 bridgehead atoms. The Kier molecular flexibility index (Phi) is 5.50. The first kappa shape index (κ1) is 12.6. The van der Waals surface area contributed by atoms with Gasteiger partial charge in [-0.25, -0.2) is 0 Å². The lowest BCUT2D eigenvalue weighted by molar-refractivity contribution is 0.0754. The number of carbonyl (C=O) groups excluding carboxylic acids is 1. The van der Waals surface area contributed by atoms with Crippen molar-refractivity contribution in [1.82, 2.24) is 9.88 Å². The van der Waals surface area contributed by atoms with Crippen molar-refractivity contribution in [2.24, 2.45) is 5.73 Å². The molecule has 1 rings (SSSR count). The monoisotopic (exact) mass is 221 g/mol. The van der Waals surface area contributed by atoms with Gasteiger partial charge < -0.3 is 10.6 Å². The summed E-state index contributed by atoms with van der Waals surface area (Å²) in [5.74, 6) is 0.0673. The van der Waals surface area contributed by atoms with Crippen LogP contribution in [0.4, 0.5) is 0 Å².